The van der Waals surface area contributed by atoms with Crippen molar-refractivity contribution in [3.63, 3.8) is 0 Å². The van der Waals surface area contributed by atoms with Gasteiger partial charge in [-0.25, -0.2) is 0 Å². The second-order valence-corrected chi connectivity index (χ2v) is 38.3. The van der Waals surface area contributed by atoms with Gasteiger partial charge in [0.05, 0.1) is 0 Å². The quantitative estimate of drug-likeness (QED) is 0.0607. The van der Waals surface area contributed by atoms with Crippen LogP contribution in [0.3, 0.4) is 0 Å². The monoisotopic (exact) mass is 967 g/mol. The fraction of sp³-hybridized carbons (Fsp3) is 0.944. The number of hydrogen-bond donors (Lipinski definition) is 1. The summed E-state index contributed by atoms with van der Waals surface area (Å²) in [6.07, 6.45) is 32.9. The van der Waals surface area contributed by atoms with E-state index in [1.807, 2.05) is 0 Å². The van der Waals surface area contributed by atoms with Gasteiger partial charge in [-0.15, -0.1) is 0 Å². The third-order valence-corrected chi connectivity index (χ3v) is 34.7. The normalized spacial score (nSPS) is 15.2. The Balaban J connectivity index is 8.20. The van der Waals surface area contributed by atoms with Crippen LogP contribution in [0.15, 0.2) is 0 Å². The molecule has 0 aliphatic carbocycles. The molecule has 0 saturated carbocycles. The second kappa shape index (κ2) is 32.5. The van der Waals surface area contributed by atoms with Crippen molar-refractivity contribution < 1.29 is 33.1 Å². The molecule has 0 spiro atoms. The van der Waals surface area contributed by atoms with E-state index >= 15 is 14.4 Å². The van der Waals surface area contributed by atoms with Crippen LogP contribution in [0.4, 0.5) is 0 Å². The van der Waals surface area contributed by atoms with E-state index in [1.165, 1.54) is 0 Å². The molecule has 0 unspecified atom stereocenters. The number of rotatable bonds is 44. The average Bonchev–Trinajstić information content (AvgIpc) is 3.29. The molecule has 0 aromatic rings. The van der Waals surface area contributed by atoms with Crippen LogP contribution in [-0.2, 0) is 28.0 Å². The second-order valence-electron chi connectivity index (χ2n) is 21.2. The minimum absolute atomic E-state index is 0.528. The van der Waals surface area contributed by atoms with Crippen LogP contribution in [0.25, 0.3) is 0 Å². The number of aliphatic hydroxyl groups is 1. The molecule has 10 heteroatoms. The predicted molar refractivity (Wildman–Crippen MR) is 291 cm³/mol. The van der Waals surface area contributed by atoms with E-state index in [2.05, 4.69) is 83.1 Å². The van der Waals surface area contributed by atoms with Crippen LogP contribution in [0.2, 0.25) is 0 Å². The van der Waals surface area contributed by atoms with Crippen molar-refractivity contribution in [3.05, 3.63) is 0 Å². The van der Waals surface area contributed by atoms with Crippen LogP contribution in [0, 0.1) is 0 Å². The third-order valence-electron chi connectivity index (χ3n) is 15.2. The van der Waals surface area contributed by atoms with Gasteiger partial charge in [0.15, 0.2) is 0 Å². The van der Waals surface area contributed by atoms with Crippen LogP contribution in [0.1, 0.15) is 250 Å². The Labute approximate surface area is 399 Å². The van der Waals surface area contributed by atoms with Crippen molar-refractivity contribution in [2.24, 2.45) is 0 Å². The van der Waals surface area contributed by atoms with Gasteiger partial charge < -0.3 is 0 Å². The Hall–Kier alpha value is -0.340. The predicted octanol–water partition coefficient (Wildman–Crippen LogP) is 17.1. The summed E-state index contributed by atoms with van der Waals surface area (Å²) in [6.45, 7) is 17.0. The van der Waals surface area contributed by atoms with Crippen LogP contribution in [-0.4, -0.2) is 103 Å². The summed E-state index contributed by atoms with van der Waals surface area (Å²) in [6, 6.07) is 0. The summed E-state index contributed by atoms with van der Waals surface area (Å²) in [5.41, 5.74) is -2.40. The first-order chi connectivity index (χ1) is 30.5. The number of hydrogen-bond acceptors (Lipinski definition) is 7. The zero-order valence-electron chi connectivity index (χ0n) is 45.1. The van der Waals surface area contributed by atoms with Crippen molar-refractivity contribution in [1.82, 2.24) is 0 Å². The van der Waals surface area contributed by atoms with Gasteiger partial charge in [0.1, 0.15) is 0 Å². The Morgan fingerprint density at radius 3 is 0.625 bits per heavy atom. The van der Waals surface area contributed by atoms with Gasteiger partial charge in [0.25, 0.3) is 0 Å². The summed E-state index contributed by atoms with van der Waals surface area (Å²) in [5, 5.41) is 13.3. The van der Waals surface area contributed by atoms with Gasteiger partial charge in [0, 0.05) is 0 Å². The van der Waals surface area contributed by atoms with Crippen molar-refractivity contribution in [2.45, 2.75) is 256 Å². The summed E-state index contributed by atoms with van der Waals surface area (Å²) in [7, 11) is 0. The van der Waals surface area contributed by atoms with Crippen molar-refractivity contribution in [3.8, 4) is 0 Å². The van der Waals surface area contributed by atoms with Crippen molar-refractivity contribution >= 4 is 38.4 Å². The zero-order valence-corrected chi connectivity index (χ0v) is 47.8. The van der Waals surface area contributed by atoms with Crippen LogP contribution >= 0.6 is 20.5 Å². The fourth-order valence-corrected chi connectivity index (χ4v) is 31.3. The molecule has 0 aliphatic rings. The zero-order chi connectivity index (χ0) is 48.6. The van der Waals surface area contributed by atoms with E-state index in [0.717, 1.165) is 228 Å². The van der Waals surface area contributed by atoms with Gasteiger partial charge in [-0.1, -0.05) is 0 Å². The molecule has 0 rings (SSSR count). The fourth-order valence-electron chi connectivity index (χ4n) is 10.9. The molecule has 7 nitrogen and oxygen atoms in total. The molecule has 0 atom stereocenters. The Morgan fingerprint density at radius 2 is 0.469 bits per heavy atom. The summed E-state index contributed by atoms with van der Waals surface area (Å²) < 4.78 is 21.7. The molecule has 0 aromatic carbocycles. The number of carbonyl (C=O) groups excluding carboxylic acids is 3. The topological polar surface area (TPSA) is 99.1 Å². The van der Waals surface area contributed by atoms with E-state index in [0.29, 0.717) is 0 Å². The first-order valence-electron chi connectivity index (χ1n) is 27.9. The first kappa shape index (κ1) is 63.7. The maximum atomic E-state index is 15.6. The molecule has 386 valence electrons. The van der Waals surface area contributed by atoms with Gasteiger partial charge in [-0.3, -0.25) is 0 Å². The molecule has 0 aromatic heterocycles. The van der Waals surface area contributed by atoms with Crippen LogP contribution in [0.5, 0.6) is 0 Å². The van der Waals surface area contributed by atoms with Gasteiger partial charge in [-0.05, 0) is 0 Å². The molecular formula is C54H113O7P3. The number of unbranched alkanes of at least 4 members (excludes halogenated alkanes) is 12. The van der Waals surface area contributed by atoms with Gasteiger partial charge >= 0.3 is 401 Å². The summed E-state index contributed by atoms with van der Waals surface area (Å²) in [4.78, 5) is 46.0. The molecule has 0 radical (unpaired) electrons. The van der Waals surface area contributed by atoms with E-state index in [-0.39, 0.29) is 0 Å². The Kier molecular flexibility index (Phi) is 32.3. The van der Waals surface area contributed by atoms with Crippen molar-refractivity contribution in [1.29, 1.82) is 0 Å². The van der Waals surface area contributed by atoms with E-state index < -0.39 is 56.8 Å². The standard InChI is InChI=1S/C54H113O7P3/c1-13-25-37-62(38-26-14-2,39-27-15-3,40-28-16-4)59-51(55)49-54(58,53(57)61-64(45-33-21-9,46-34-22-10,47-35-23-11)48-36-24-12)50-52(56)60-63(41-29-17-5,42-30-18-6,43-31-19-7)44-32-20-8/h58H,13-50H2,1-12H3. The maximum absolute atomic E-state index is 15.6. The summed E-state index contributed by atoms with van der Waals surface area (Å²) in [5.74, 6) is -1.83. The van der Waals surface area contributed by atoms with E-state index in [9.17, 15) is 5.11 Å². The molecule has 0 fully saturated rings. The Morgan fingerprint density at radius 1 is 0.312 bits per heavy atom. The van der Waals surface area contributed by atoms with E-state index in [4.69, 9.17) is 13.6 Å². The summed E-state index contributed by atoms with van der Waals surface area (Å²) >= 11 is 0. The van der Waals surface area contributed by atoms with Crippen LogP contribution < -0.4 is 0 Å². The minimum atomic E-state index is -3.28. The molecule has 0 bridgehead atoms. The van der Waals surface area contributed by atoms with Gasteiger partial charge in [0.2, 0.25) is 0 Å². The number of carbonyl (C=O) groups is 3. The molecule has 0 saturated heterocycles. The molecular weight excluding hydrogens is 854 g/mol. The molecule has 0 heterocycles. The Bertz CT molecular complexity index is 1080. The molecule has 64 heavy (non-hydrogen) atoms. The first-order valence-corrected chi connectivity index (χ1v) is 36.6. The molecule has 0 amide bonds. The third kappa shape index (κ3) is 20.3. The average molecular weight is 967 g/mol. The molecule has 1 N–H and O–H groups in total. The van der Waals surface area contributed by atoms with E-state index in [1.54, 1.807) is 0 Å². The molecule has 0 aliphatic heterocycles. The van der Waals surface area contributed by atoms with Crippen molar-refractivity contribution in [2.75, 3.05) is 73.9 Å². The van der Waals surface area contributed by atoms with Gasteiger partial charge in [-0.2, -0.15) is 0 Å². The SMILES string of the molecule is CCCCP(CCCC)(CCCC)(CCCC)OC(=O)CC(O)(CC(=O)OP(CCCC)(CCCC)(CCCC)CCCC)C(=O)OP(CCCC)(CCCC)(CCCC)CCCC.